The zero-order valence-corrected chi connectivity index (χ0v) is 11.5. The number of nitrogens with two attached hydrogens (primary N) is 1. The highest BCUT2D eigenvalue weighted by Crippen LogP contribution is 2.30. The van der Waals surface area contributed by atoms with Gasteiger partial charge in [0.05, 0.1) is 4.92 Å². The van der Waals surface area contributed by atoms with Gasteiger partial charge in [-0.15, -0.1) is 0 Å². The number of hydrogen-bond acceptors (Lipinski definition) is 4. The third kappa shape index (κ3) is 3.04. The molecule has 0 aliphatic carbocycles. The van der Waals surface area contributed by atoms with E-state index in [0.717, 1.165) is 30.6 Å². The van der Waals surface area contributed by atoms with Gasteiger partial charge in [0.2, 0.25) is 0 Å². The normalized spacial score (nSPS) is 23.4. The van der Waals surface area contributed by atoms with E-state index in [1.807, 2.05) is 13.0 Å². The maximum atomic E-state index is 11.0. The maximum Gasteiger partial charge on any atom is 0.271 e. The lowest BCUT2D eigenvalue weighted by molar-refractivity contribution is -0.384. The van der Waals surface area contributed by atoms with E-state index in [0.29, 0.717) is 18.5 Å². The van der Waals surface area contributed by atoms with Gasteiger partial charge in [0, 0.05) is 30.4 Å². The van der Waals surface area contributed by atoms with Crippen molar-refractivity contribution in [3.8, 4) is 0 Å². The van der Waals surface area contributed by atoms with Crippen LogP contribution in [-0.4, -0.2) is 24.1 Å². The predicted octanol–water partition coefficient (Wildman–Crippen LogP) is 2.47. The van der Waals surface area contributed by atoms with Gasteiger partial charge in [-0.1, -0.05) is 0 Å². The number of nitro groups is 1. The molecule has 0 spiro atoms. The summed E-state index contributed by atoms with van der Waals surface area (Å²) in [4.78, 5) is 12.9. The second kappa shape index (κ2) is 5.57. The van der Waals surface area contributed by atoms with Crippen molar-refractivity contribution in [3.05, 3.63) is 33.9 Å². The number of rotatable bonds is 3. The number of non-ortho nitro benzene ring substituents is 1. The third-order valence-corrected chi connectivity index (χ3v) is 3.90. The Bertz CT molecular complexity index is 476. The lowest BCUT2D eigenvalue weighted by atomic mass is 9.93. The topological polar surface area (TPSA) is 72.4 Å². The first kappa shape index (κ1) is 13.8. The minimum absolute atomic E-state index is 0.164. The van der Waals surface area contributed by atoms with Crippen LogP contribution < -0.4 is 10.6 Å². The van der Waals surface area contributed by atoms with Gasteiger partial charge >= 0.3 is 0 Å². The molecule has 104 valence electrons. The SMILES string of the molecule is Cc1cc(N2CC(CN)CCC2C)cc([N+](=O)[O-])c1. The largest absolute Gasteiger partial charge is 0.368 e. The Morgan fingerprint density at radius 1 is 1.42 bits per heavy atom. The lowest BCUT2D eigenvalue weighted by Crippen LogP contribution is -2.44. The highest BCUT2D eigenvalue weighted by Gasteiger charge is 2.26. The number of piperidine rings is 1. The summed E-state index contributed by atoms with van der Waals surface area (Å²) in [6.07, 6.45) is 2.23. The van der Waals surface area contributed by atoms with Crippen LogP contribution in [0.4, 0.5) is 11.4 Å². The summed E-state index contributed by atoms with van der Waals surface area (Å²) in [5.74, 6) is 0.482. The molecule has 1 aliphatic heterocycles. The fourth-order valence-electron chi connectivity index (χ4n) is 2.75. The van der Waals surface area contributed by atoms with E-state index in [1.54, 1.807) is 12.1 Å². The minimum Gasteiger partial charge on any atom is -0.368 e. The van der Waals surface area contributed by atoms with Gasteiger partial charge in [-0.2, -0.15) is 0 Å². The summed E-state index contributed by atoms with van der Waals surface area (Å²) in [5, 5.41) is 11.0. The van der Waals surface area contributed by atoms with E-state index in [4.69, 9.17) is 5.73 Å². The van der Waals surface area contributed by atoms with Crippen molar-refractivity contribution in [2.75, 3.05) is 18.0 Å². The molecule has 5 nitrogen and oxygen atoms in total. The van der Waals surface area contributed by atoms with Crippen LogP contribution >= 0.6 is 0 Å². The van der Waals surface area contributed by atoms with Gasteiger partial charge in [0.1, 0.15) is 0 Å². The average Bonchev–Trinajstić information content (AvgIpc) is 2.38. The van der Waals surface area contributed by atoms with Crippen molar-refractivity contribution < 1.29 is 4.92 Å². The van der Waals surface area contributed by atoms with Gasteiger partial charge < -0.3 is 10.6 Å². The summed E-state index contributed by atoms with van der Waals surface area (Å²) in [6, 6.07) is 5.70. The van der Waals surface area contributed by atoms with Gasteiger partial charge in [-0.25, -0.2) is 0 Å². The predicted molar refractivity (Wildman–Crippen MR) is 76.4 cm³/mol. The molecular weight excluding hydrogens is 242 g/mol. The molecule has 19 heavy (non-hydrogen) atoms. The Balaban J connectivity index is 2.31. The van der Waals surface area contributed by atoms with E-state index in [2.05, 4.69) is 11.8 Å². The van der Waals surface area contributed by atoms with E-state index in [-0.39, 0.29) is 10.6 Å². The Kier molecular flexibility index (Phi) is 4.04. The van der Waals surface area contributed by atoms with Crippen LogP contribution in [0.2, 0.25) is 0 Å². The van der Waals surface area contributed by atoms with Crippen molar-refractivity contribution in [1.82, 2.24) is 0 Å². The Hall–Kier alpha value is -1.62. The molecule has 1 fully saturated rings. The molecular formula is C14H21N3O2. The highest BCUT2D eigenvalue weighted by atomic mass is 16.6. The van der Waals surface area contributed by atoms with Crippen LogP contribution in [0.15, 0.2) is 18.2 Å². The van der Waals surface area contributed by atoms with Crippen LogP contribution in [0.5, 0.6) is 0 Å². The van der Waals surface area contributed by atoms with Crippen molar-refractivity contribution in [1.29, 1.82) is 0 Å². The Labute approximate surface area is 113 Å². The first-order chi connectivity index (χ1) is 9.01. The van der Waals surface area contributed by atoms with Crippen LogP contribution in [0.3, 0.4) is 0 Å². The molecule has 0 amide bonds. The molecule has 1 heterocycles. The smallest absolute Gasteiger partial charge is 0.271 e. The molecule has 0 aromatic heterocycles. The molecule has 2 N–H and O–H groups in total. The number of aryl methyl sites for hydroxylation is 1. The summed E-state index contributed by atoms with van der Waals surface area (Å²) >= 11 is 0. The van der Waals surface area contributed by atoms with Crippen LogP contribution in [-0.2, 0) is 0 Å². The van der Waals surface area contributed by atoms with Crippen molar-refractivity contribution in [2.24, 2.45) is 11.7 Å². The van der Waals surface area contributed by atoms with Gasteiger partial charge in [-0.05, 0) is 50.8 Å². The number of hydrogen-bond donors (Lipinski definition) is 1. The molecule has 1 saturated heterocycles. The average molecular weight is 263 g/mol. The molecule has 2 rings (SSSR count). The van der Waals surface area contributed by atoms with Crippen LogP contribution in [0.1, 0.15) is 25.3 Å². The lowest BCUT2D eigenvalue weighted by Gasteiger charge is -2.39. The number of nitrogens with zero attached hydrogens (tertiary/aromatic N) is 2. The van der Waals surface area contributed by atoms with Crippen LogP contribution in [0, 0.1) is 23.0 Å². The van der Waals surface area contributed by atoms with Gasteiger partial charge in [-0.3, -0.25) is 10.1 Å². The molecule has 0 bridgehead atoms. The summed E-state index contributed by atoms with van der Waals surface area (Å²) < 4.78 is 0. The van der Waals surface area contributed by atoms with Gasteiger partial charge in [0.15, 0.2) is 0 Å². The van der Waals surface area contributed by atoms with Crippen molar-refractivity contribution >= 4 is 11.4 Å². The monoisotopic (exact) mass is 263 g/mol. The molecule has 1 aromatic carbocycles. The van der Waals surface area contributed by atoms with Crippen molar-refractivity contribution in [2.45, 2.75) is 32.7 Å². The Morgan fingerprint density at radius 2 is 2.16 bits per heavy atom. The molecule has 0 radical (unpaired) electrons. The van der Waals surface area contributed by atoms with E-state index in [9.17, 15) is 10.1 Å². The second-order valence-corrected chi connectivity index (χ2v) is 5.46. The third-order valence-electron chi connectivity index (χ3n) is 3.90. The maximum absolute atomic E-state index is 11.0. The molecule has 5 heteroatoms. The first-order valence-corrected chi connectivity index (χ1v) is 6.74. The van der Waals surface area contributed by atoms with Crippen molar-refractivity contribution in [3.63, 3.8) is 0 Å². The molecule has 1 aliphatic rings. The zero-order valence-electron chi connectivity index (χ0n) is 11.5. The van der Waals surface area contributed by atoms with E-state index < -0.39 is 0 Å². The molecule has 1 aromatic rings. The van der Waals surface area contributed by atoms with E-state index in [1.165, 1.54) is 0 Å². The number of anilines is 1. The fraction of sp³-hybridized carbons (Fsp3) is 0.571. The molecule has 0 saturated carbocycles. The highest BCUT2D eigenvalue weighted by molar-refractivity contribution is 5.56. The summed E-state index contributed by atoms with van der Waals surface area (Å²) in [7, 11) is 0. The minimum atomic E-state index is -0.328. The van der Waals surface area contributed by atoms with Crippen LogP contribution in [0.25, 0.3) is 0 Å². The number of nitro benzene ring substituents is 1. The first-order valence-electron chi connectivity index (χ1n) is 6.74. The quantitative estimate of drug-likeness (QED) is 0.671. The molecule has 2 atom stereocenters. The molecule has 2 unspecified atom stereocenters. The Morgan fingerprint density at radius 3 is 2.79 bits per heavy atom. The van der Waals surface area contributed by atoms with E-state index >= 15 is 0 Å². The summed E-state index contributed by atoms with van der Waals surface area (Å²) in [6.45, 7) is 5.63. The second-order valence-electron chi connectivity index (χ2n) is 5.46. The zero-order chi connectivity index (χ0) is 14.0. The number of benzene rings is 1. The van der Waals surface area contributed by atoms with Gasteiger partial charge in [0.25, 0.3) is 5.69 Å². The fourth-order valence-corrected chi connectivity index (χ4v) is 2.75. The summed E-state index contributed by atoms with van der Waals surface area (Å²) in [5.41, 5.74) is 7.79. The standard InChI is InChI=1S/C14H21N3O2/c1-10-5-13(7-14(6-10)17(18)19)16-9-12(8-15)4-3-11(16)2/h5-7,11-12H,3-4,8-9,15H2,1-2H3.